The van der Waals surface area contributed by atoms with Crippen LogP contribution in [0.5, 0.6) is 5.88 Å². The van der Waals surface area contributed by atoms with E-state index in [0.29, 0.717) is 29.3 Å². The molecule has 0 radical (unpaired) electrons. The molecule has 0 aromatic carbocycles. The Labute approximate surface area is 175 Å². The molecule has 1 aliphatic rings. The van der Waals surface area contributed by atoms with Crippen molar-refractivity contribution in [2.24, 2.45) is 4.99 Å². The van der Waals surface area contributed by atoms with E-state index in [1.54, 1.807) is 12.3 Å². The molecule has 1 atom stereocenters. The molecule has 0 spiro atoms. The first-order valence-corrected chi connectivity index (χ1v) is 10.9. The Hall–Kier alpha value is -1.83. The van der Waals surface area contributed by atoms with Crippen molar-refractivity contribution in [2.45, 2.75) is 51.4 Å². The van der Waals surface area contributed by atoms with Gasteiger partial charge in [0.15, 0.2) is 5.96 Å². The average molecular weight is 423 g/mol. The predicted octanol–water partition coefficient (Wildman–Crippen LogP) is 3.91. The second kappa shape index (κ2) is 10.6. The van der Waals surface area contributed by atoms with Crippen LogP contribution in [0.3, 0.4) is 0 Å². The van der Waals surface area contributed by atoms with Crippen LogP contribution in [0, 0.1) is 0 Å². The molecule has 1 aliphatic carbocycles. The van der Waals surface area contributed by atoms with Gasteiger partial charge in [-0.3, -0.25) is 0 Å². The maximum atomic E-state index is 10.3. The molecule has 0 bridgehead atoms. The third-order valence-corrected chi connectivity index (χ3v) is 5.90. The maximum Gasteiger partial charge on any atom is 0.218 e. The van der Waals surface area contributed by atoms with E-state index in [0.717, 1.165) is 29.8 Å². The number of nitrogens with one attached hydrogen (secondary N) is 2. The van der Waals surface area contributed by atoms with E-state index in [1.807, 2.05) is 25.1 Å². The number of thiophene rings is 1. The Morgan fingerprint density at radius 2 is 2.18 bits per heavy atom. The van der Waals surface area contributed by atoms with Gasteiger partial charge in [-0.05, 0) is 50.8 Å². The molecule has 8 heteroatoms. The number of hydrogen-bond donors (Lipinski definition) is 3. The van der Waals surface area contributed by atoms with E-state index < -0.39 is 6.10 Å². The molecule has 2 heterocycles. The number of aromatic nitrogens is 1. The molecule has 0 amide bonds. The van der Waals surface area contributed by atoms with Gasteiger partial charge in [-0.25, -0.2) is 9.98 Å². The summed E-state index contributed by atoms with van der Waals surface area (Å²) < 4.78 is 6.75. The summed E-state index contributed by atoms with van der Waals surface area (Å²) >= 11 is 7.32. The molecule has 2 aromatic heterocycles. The van der Waals surface area contributed by atoms with Crippen LogP contribution in [0.4, 0.5) is 0 Å². The van der Waals surface area contributed by atoms with Gasteiger partial charge in [0.05, 0.1) is 10.9 Å². The molecule has 6 nitrogen and oxygen atoms in total. The normalized spacial score (nSPS) is 16.2. The fourth-order valence-corrected chi connectivity index (χ4v) is 4.17. The number of guanidine groups is 1. The van der Waals surface area contributed by atoms with Crippen molar-refractivity contribution < 1.29 is 9.84 Å². The Kier molecular flexibility index (Phi) is 7.94. The topological polar surface area (TPSA) is 78.8 Å². The van der Waals surface area contributed by atoms with Crippen molar-refractivity contribution >= 4 is 28.9 Å². The van der Waals surface area contributed by atoms with Gasteiger partial charge in [-0.1, -0.05) is 17.7 Å². The van der Waals surface area contributed by atoms with Crippen LogP contribution >= 0.6 is 22.9 Å². The number of rotatable bonds is 8. The molecular formula is C20H27ClN4O2S. The zero-order valence-corrected chi connectivity index (χ0v) is 17.6. The molecule has 1 unspecified atom stereocenters. The van der Waals surface area contributed by atoms with Crippen molar-refractivity contribution in [1.82, 2.24) is 15.6 Å². The van der Waals surface area contributed by atoms with Crippen LogP contribution in [0.2, 0.25) is 4.34 Å². The summed E-state index contributed by atoms with van der Waals surface area (Å²) in [6.07, 6.45) is 6.00. The highest BCUT2D eigenvalue weighted by Gasteiger charge is 2.18. The van der Waals surface area contributed by atoms with Crippen molar-refractivity contribution in [1.29, 1.82) is 0 Å². The summed E-state index contributed by atoms with van der Waals surface area (Å²) in [6, 6.07) is 7.52. The monoisotopic (exact) mass is 422 g/mol. The van der Waals surface area contributed by atoms with Gasteiger partial charge >= 0.3 is 0 Å². The van der Waals surface area contributed by atoms with Crippen LogP contribution in [0.15, 0.2) is 35.5 Å². The average Bonchev–Trinajstić information content (AvgIpc) is 3.36. The number of pyridine rings is 1. The highest BCUT2D eigenvalue weighted by atomic mass is 35.5. The third-order valence-electron chi connectivity index (χ3n) is 4.57. The van der Waals surface area contributed by atoms with Gasteiger partial charge in [0.2, 0.25) is 5.88 Å². The molecule has 2 aromatic rings. The number of ether oxygens (including phenoxy) is 1. The third kappa shape index (κ3) is 6.09. The smallest absolute Gasteiger partial charge is 0.218 e. The zero-order valence-electron chi connectivity index (χ0n) is 16.0. The summed E-state index contributed by atoms with van der Waals surface area (Å²) in [5.41, 5.74) is 0.956. The fraction of sp³-hybridized carbons (Fsp3) is 0.500. The minimum atomic E-state index is -0.638. The summed E-state index contributed by atoms with van der Waals surface area (Å²) in [7, 11) is 0. The lowest BCUT2D eigenvalue weighted by atomic mass is 10.2. The van der Waals surface area contributed by atoms with Gasteiger partial charge < -0.3 is 20.5 Å². The first-order valence-electron chi connectivity index (χ1n) is 9.71. The Bertz CT molecular complexity index is 777. The molecular weight excluding hydrogens is 396 g/mol. The van der Waals surface area contributed by atoms with Gasteiger partial charge in [0.25, 0.3) is 0 Å². The van der Waals surface area contributed by atoms with Crippen molar-refractivity contribution in [3.63, 3.8) is 0 Å². The van der Waals surface area contributed by atoms with Gasteiger partial charge in [-0.15, -0.1) is 11.3 Å². The second-order valence-electron chi connectivity index (χ2n) is 6.73. The van der Waals surface area contributed by atoms with E-state index in [1.165, 1.54) is 24.2 Å². The minimum Gasteiger partial charge on any atom is -0.474 e. The summed E-state index contributed by atoms with van der Waals surface area (Å²) in [4.78, 5) is 9.86. The number of hydrogen-bond acceptors (Lipinski definition) is 5. The number of nitrogens with zero attached hydrogens (tertiary/aromatic N) is 2. The minimum absolute atomic E-state index is 0.261. The Morgan fingerprint density at radius 3 is 2.89 bits per heavy atom. The standard InChI is InChI=1S/C20H27ClN4O2S/c1-2-22-20(25-13-16(26)17-9-10-18(21)28-17)24-12-14-6-5-11-23-19(14)27-15-7-3-4-8-15/h5-6,9-11,15-16,26H,2-4,7-8,12-13H2,1H3,(H2,22,24,25). The van der Waals surface area contributed by atoms with Crippen LogP contribution in [-0.4, -0.2) is 35.2 Å². The lowest BCUT2D eigenvalue weighted by molar-refractivity contribution is 0.184. The SMILES string of the molecule is CCNC(=NCc1cccnc1OC1CCCC1)NCC(O)c1ccc(Cl)s1. The van der Waals surface area contributed by atoms with Crippen molar-refractivity contribution in [2.75, 3.05) is 13.1 Å². The van der Waals surface area contributed by atoms with Gasteiger partial charge in [0.1, 0.15) is 12.2 Å². The van der Waals surface area contributed by atoms with Crippen molar-refractivity contribution in [3.8, 4) is 5.88 Å². The van der Waals surface area contributed by atoms with Crippen LogP contribution in [0.25, 0.3) is 0 Å². The van der Waals surface area contributed by atoms with E-state index in [-0.39, 0.29) is 6.10 Å². The highest BCUT2D eigenvalue weighted by molar-refractivity contribution is 7.16. The second-order valence-corrected chi connectivity index (χ2v) is 8.47. The Morgan fingerprint density at radius 1 is 1.36 bits per heavy atom. The largest absolute Gasteiger partial charge is 0.474 e. The fourth-order valence-electron chi connectivity index (χ4n) is 3.12. The van der Waals surface area contributed by atoms with E-state index in [9.17, 15) is 5.11 Å². The zero-order chi connectivity index (χ0) is 19.8. The highest BCUT2D eigenvalue weighted by Crippen LogP contribution is 2.27. The predicted molar refractivity (Wildman–Crippen MR) is 114 cm³/mol. The molecule has 3 rings (SSSR count). The summed E-state index contributed by atoms with van der Waals surface area (Å²) in [5.74, 6) is 1.31. The quantitative estimate of drug-likeness (QED) is 0.444. The Balaban J connectivity index is 1.60. The van der Waals surface area contributed by atoms with Crippen LogP contribution < -0.4 is 15.4 Å². The molecule has 152 valence electrons. The molecule has 28 heavy (non-hydrogen) atoms. The van der Waals surface area contributed by atoms with E-state index in [4.69, 9.17) is 16.3 Å². The molecule has 0 saturated heterocycles. The summed E-state index contributed by atoms with van der Waals surface area (Å²) in [6.45, 7) is 3.53. The van der Waals surface area contributed by atoms with Crippen LogP contribution in [0.1, 0.15) is 49.2 Å². The molecule has 1 fully saturated rings. The van der Waals surface area contributed by atoms with Crippen LogP contribution in [-0.2, 0) is 6.54 Å². The van der Waals surface area contributed by atoms with E-state index >= 15 is 0 Å². The number of aliphatic hydroxyl groups is 1. The maximum absolute atomic E-state index is 10.3. The molecule has 3 N–H and O–H groups in total. The number of halogens is 1. The lowest BCUT2D eigenvalue weighted by Gasteiger charge is -2.16. The first kappa shape index (κ1) is 20.9. The lowest BCUT2D eigenvalue weighted by Crippen LogP contribution is -2.39. The molecule has 0 aliphatic heterocycles. The van der Waals surface area contributed by atoms with E-state index in [2.05, 4.69) is 20.6 Å². The molecule has 1 saturated carbocycles. The number of aliphatic hydroxyl groups excluding tert-OH is 1. The van der Waals surface area contributed by atoms with Crippen molar-refractivity contribution in [3.05, 3.63) is 45.2 Å². The summed E-state index contributed by atoms with van der Waals surface area (Å²) in [5, 5.41) is 16.7. The van der Waals surface area contributed by atoms with Gasteiger partial charge in [-0.2, -0.15) is 0 Å². The number of aliphatic imine (C=N–C) groups is 1. The first-order chi connectivity index (χ1) is 13.7. The van der Waals surface area contributed by atoms with Gasteiger partial charge in [0, 0.05) is 29.7 Å².